The summed E-state index contributed by atoms with van der Waals surface area (Å²) in [6.45, 7) is 0. The van der Waals surface area contributed by atoms with E-state index in [1.165, 1.54) is 17.5 Å². The quantitative estimate of drug-likeness (QED) is 0.358. The van der Waals surface area contributed by atoms with Crippen LogP contribution in [-0.4, -0.2) is 5.78 Å². The lowest BCUT2D eigenvalue weighted by Crippen LogP contribution is -1.95. The summed E-state index contributed by atoms with van der Waals surface area (Å²) in [5, 5.41) is 0. The molecule has 1 aliphatic carbocycles. The van der Waals surface area contributed by atoms with E-state index >= 15 is 0 Å². The molecule has 1 heteroatoms. The van der Waals surface area contributed by atoms with Crippen LogP contribution in [0.5, 0.6) is 0 Å². The summed E-state index contributed by atoms with van der Waals surface area (Å²) in [5.74, 6) is 1.92. The minimum Gasteiger partial charge on any atom is -0.279 e. The number of hydrogen-bond acceptors (Lipinski definition) is 1. The lowest BCUT2D eigenvalue weighted by Gasteiger charge is -1.99. The van der Waals surface area contributed by atoms with Gasteiger partial charge in [-0.05, 0) is 42.4 Å². The van der Waals surface area contributed by atoms with Crippen molar-refractivity contribution in [2.45, 2.75) is 19.3 Å². The van der Waals surface area contributed by atoms with Gasteiger partial charge in [-0.15, -0.1) is 6.42 Å². The molecule has 0 saturated carbocycles. The molecule has 0 bridgehead atoms. The number of rotatable bonds is 1. The van der Waals surface area contributed by atoms with Crippen molar-refractivity contribution in [3.05, 3.63) is 34.9 Å². The molecule has 0 aliphatic heterocycles. The molecular weight excluding hydrogens is 160 g/mol. The highest BCUT2D eigenvalue weighted by Gasteiger charge is 2.12. The van der Waals surface area contributed by atoms with E-state index in [0.717, 1.165) is 12.8 Å². The van der Waals surface area contributed by atoms with E-state index in [4.69, 9.17) is 6.42 Å². The van der Waals surface area contributed by atoms with Gasteiger partial charge in [0.2, 0.25) is 5.78 Å². The van der Waals surface area contributed by atoms with Crippen LogP contribution in [0.1, 0.15) is 27.9 Å². The maximum atomic E-state index is 11.2. The standard InChI is InChI=1S/C12H10O/c1-2-12(13)11-7-6-9-4-3-5-10(9)8-11/h1,6-8H,3-5H2. The number of ketones is 1. The molecule has 1 nitrogen and oxygen atoms in total. The fourth-order valence-corrected chi connectivity index (χ4v) is 1.80. The summed E-state index contributed by atoms with van der Waals surface area (Å²) in [7, 11) is 0. The molecule has 0 atom stereocenters. The summed E-state index contributed by atoms with van der Waals surface area (Å²) in [5.41, 5.74) is 3.32. The number of terminal acetylenes is 1. The van der Waals surface area contributed by atoms with Gasteiger partial charge in [0.15, 0.2) is 0 Å². The van der Waals surface area contributed by atoms with E-state index < -0.39 is 0 Å². The minimum absolute atomic E-state index is 0.213. The zero-order chi connectivity index (χ0) is 9.26. The molecule has 0 radical (unpaired) electrons. The molecule has 1 aromatic carbocycles. The Hall–Kier alpha value is -1.55. The molecule has 0 fully saturated rings. The third-order valence-corrected chi connectivity index (χ3v) is 2.49. The van der Waals surface area contributed by atoms with E-state index in [1.807, 2.05) is 18.2 Å². The van der Waals surface area contributed by atoms with Crippen molar-refractivity contribution in [3.8, 4) is 12.3 Å². The van der Waals surface area contributed by atoms with Crippen molar-refractivity contribution in [1.29, 1.82) is 0 Å². The minimum atomic E-state index is -0.213. The summed E-state index contributed by atoms with van der Waals surface area (Å²) >= 11 is 0. The van der Waals surface area contributed by atoms with Crippen LogP contribution in [0.3, 0.4) is 0 Å². The average molecular weight is 170 g/mol. The van der Waals surface area contributed by atoms with E-state index in [0.29, 0.717) is 5.56 Å². The van der Waals surface area contributed by atoms with Gasteiger partial charge in [-0.3, -0.25) is 4.79 Å². The fraction of sp³-hybridized carbons (Fsp3) is 0.250. The molecule has 0 saturated heterocycles. The predicted molar refractivity (Wildman–Crippen MR) is 51.6 cm³/mol. The SMILES string of the molecule is C#CC(=O)c1ccc2c(c1)CCC2. The van der Waals surface area contributed by atoms with Gasteiger partial charge in [-0.2, -0.15) is 0 Å². The monoisotopic (exact) mass is 170 g/mol. The second-order valence-corrected chi connectivity index (χ2v) is 3.31. The number of hydrogen-bond donors (Lipinski definition) is 0. The van der Waals surface area contributed by atoms with Crippen LogP contribution < -0.4 is 0 Å². The normalized spacial score (nSPS) is 13.5. The van der Waals surface area contributed by atoms with Gasteiger partial charge in [0.25, 0.3) is 0 Å². The van der Waals surface area contributed by atoms with Crippen LogP contribution >= 0.6 is 0 Å². The first-order chi connectivity index (χ1) is 6.31. The highest BCUT2D eigenvalue weighted by molar-refractivity contribution is 6.08. The Balaban J connectivity index is 2.43. The van der Waals surface area contributed by atoms with Gasteiger partial charge in [-0.25, -0.2) is 0 Å². The maximum absolute atomic E-state index is 11.2. The lowest BCUT2D eigenvalue weighted by molar-refractivity contribution is 0.105. The van der Waals surface area contributed by atoms with Gasteiger partial charge in [0.1, 0.15) is 0 Å². The second kappa shape index (κ2) is 3.06. The third-order valence-electron chi connectivity index (χ3n) is 2.49. The summed E-state index contributed by atoms with van der Waals surface area (Å²) in [6.07, 6.45) is 8.47. The number of Topliss-reactive ketones (excluding diaryl/α,β-unsaturated/α-hetero) is 1. The molecule has 0 unspecified atom stereocenters. The largest absolute Gasteiger partial charge is 0.279 e. The van der Waals surface area contributed by atoms with Crippen molar-refractivity contribution in [1.82, 2.24) is 0 Å². The van der Waals surface area contributed by atoms with Gasteiger partial charge in [0, 0.05) is 5.56 Å². The van der Waals surface area contributed by atoms with Crippen molar-refractivity contribution >= 4 is 5.78 Å². The van der Waals surface area contributed by atoms with Crippen LogP contribution in [0.2, 0.25) is 0 Å². The first-order valence-corrected chi connectivity index (χ1v) is 4.44. The van der Waals surface area contributed by atoms with E-state index in [2.05, 4.69) is 5.92 Å². The molecular formula is C12H10O. The Morgan fingerprint density at radius 3 is 2.85 bits per heavy atom. The molecule has 64 valence electrons. The number of aryl methyl sites for hydroxylation is 2. The van der Waals surface area contributed by atoms with Crippen LogP contribution in [0.15, 0.2) is 18.2 Å². The second-order valence-electron chi connectivity index (χ2n) is 3.31. The Labute approximate surface area is 77.8 Å². The van der Waals surface area contributed by atoms with Crippen LogP contribution in [0, 0.1) is 12.3 Å². The molecule has 0 spiro atoms. The van der Waals surface area contributed by atoms with Crippen LogP contribution in [0.25, 0.3) is 0 Å². The van der Waals surface area contributed by atoms with Crippen molar-refractivity contribution in [2.75, 3.05) is 0 Å². The van der Waals surface area contributed by atoms with E-state index in [1.54, 1.807) is 0 Å². The summed E-state index contributed by atoms with van der Waals surface area (Å²) in [6, 6.07) is 5.78. The first-order valence-electron chi connectivity index (χ1n) is 4.44. The van der Waals surface area contributed by atoms with E-state index in [9.17, 15) is 4.79 Å². The Morgan fingerprint density at radius 1 is 1.31 bits per heavy atom. The predicted octanol–water partition coefficient (Wildman–Crippen LogP) is 1.99. The Morgan fingerprint density at radius 2 is 2.08 bits per heavy atom. The maximum Gasteiger partial charge on any atom is 0.235 e. The fourth-order valence-electron chi connectivity index (χ4n) is 1.80. The number of carbonyl (C=O) groups excluding carboxylic acids is 1. The molecule has 0 aromatic heterocycles. The molecule has 0 amide bonds. The smallest absolute Gasteiger partial charge is 0.235 e. The van der Waals surface area contributed by atoms with Gasteiger partial charge in [0.05, 0.1) is 0 Å². The molecule has 1 aromatic rings. The van der Waals surface area contributed by atoms with Crippen LogP contribution in [-0.2, 0) is 12.8 Å². The first kappa shape index (κ1) is 8.07. The topological polar surface area (TPSA) is 17.1 Å². The number of benzene rings is 1. The van der Waals surface area contributed by atoms with Gasteiger partial charge in [-0.1, -0.05) is 12.1 Å². The van der Waals surface area contributed by atoms with Gasteiger partial charge < -0.3 is 0 Å². The molecule has 2 rings (SSSR count). The zero-order valence-electron chi connectivity index (χ0n) is 7.34. The summed E-state index contributed by atoms with van der Waals surface area (Å²) < 4.78 is 0. The third kappa shape index (κ3) is 1.36. The Bertz CT molecular complexity index is 396. The number of fused-ring (bicyclic) bond motifs is 1. The summed E-state index contributed by atoms with van der Waals surface area (Å²) in [4.78, 5) is 11.2. The van der Waals surface area contributed by atoms with Crippen molar-refractivity contribution in [2.24, 2.45) is 0 Å². The zero-order valence-corrected chi connectivity index (χ0v) is 7.34. The van der Waals surface area contributed by atoms with Crippen molar-refractivity contribution in [3.63, 3.8) is 0 Å². The molecule has 1 aliphatic rings. The van der Waals surface area contributed by atoms with Gasteiger partial charge >= 0.3 is 0 Å². The molecule has 0 N–H and O–H groups in total. The Kier molecular flexibility index (Phi) is 1.90. The lowest BCUT2D eigenvalue weighted by atomic mass is 10.0. The van der Waals surface area contributed by atoms with E-state index in [-0.39, 0.29) is 5.78 Å². The highest BCUT2D eigenvalue weighted by atomic mass is 16.1. The molecule has 13 heavy (non-hydrogen) atoms. The van der Waals surface area contributed by atoms with Crippen LogP contribution in [0.4, 0.5) is 0 Å². The highest BCUT2D eigenvalue weighted by Crippen LogP contribution is 2.22. The number of carbonyl (C=O) groups is 1. The van der Waals surface area contributed by atoms with Crippen molar-refractivity contribution < 1.29 is 4.79 Å². The average Bonchev–Trinajstić information content (AvgIpc) is 2.63. The molecule has 0 heterocycles.